The first-order valence-corrected chi connectivity index (χ1v) is 21.0. The van der Waals surface area contributed by atoms with Crippen molar-refractivity contribution in [3.63, 3.8) is 0 Å². The average Bonchev–Trinajstić information content (AvgIpc) is 3.91. The van der Waals surface area contributed by atoms with Crippen molar-refractivity contribution in [2.75, 3.05) is 0 Å². The summed E-state index contributed by atoms with van der Waals surface area (Å²) in [5.74, 6) is 4.85. The number of thiophene rings is 2. The van der Waals surface area contributed by atoms with Gasteiger partial charge in [-0.15, -0.1) is 34.0 Å². The maximum atomic E-state index is 5.09. The van der Waals surface area contributed by atoms with E-state index in [0.717, 1.165) is 5.76 Å². The van der Waals surface area contributed by atoms with Crippen LogP contribution in [0.25, 0.3) is 0 Å². The molecule has 0 aromatic carbocycles. The van der Waals surface area contributed by atoms with Crippen LogP contribution in [-0.4, -0.2) is 14.3 Å². The lowest BCUT2D eigenvalue weighted by molar-refractivity contribution is 0.487. The Labute approximate surface area is 311 Å². The Hall–Kier alpha value is -2.43. The van der Waals surface area contributed by atoms with Crippen LogP contribution in [0.2, 0.25) is 0 Å². The minimum atomic E-state index is 0.519. The molecule has 6 aromatic heterocycles. The molecule has 0 bridgehead atoms. The van der Waals surface area contributed by atoms with E-state index in [9.17, 15) is 0 Å². The Morgan fingerprint density at radius 2 is 1.29 bits per heavy atom. The quantitative estimate of drug-likeness (QED) is 0.170. The Morgan fingerprint density at radius 3 is 1.54 bits per heavy atom. The van der Waals surface area contributed by atoms with Crippen LogP contribution >= 0.6 is 56.9 Å². The fraction of sp³-hybridized carbons (Fsp3) is 0.462. The van der Waals surface area contributed by atoms with Gasteiger partial charge in [0, 0.05) is 50.4 Å². The van der Waals surface area contributed by atoms with Crippen LogP contribution in [0.5, 0.6) is 0 Å². The molecule has 4 nitrogen and oxygen atoms in total. The van der Waals surface area contributed by atoms with Gasteiger partial charge in [-0.2, -0.15) is 11.3 Å². The van der Waals surface area contributed by atoms with E-state index in [0.29, 0.717) is 35.5 Å². The molecule has 0 unspecified atom stereocenters. The summed E-state index contributed by atoms with van der Waals surface area (Å²) >= 11 is 8.62. The third-order valence-electron chi connectivity index (χ3n) is 6.43. The number of furan rings is 1. The van der Waals surface area contributed by atoms with Gasteiger partial charge in [0.15, 0.2) is 0 Å². The summed E-state index contributed by atoms with van der Waals surface area (Å²) in [6.07, 6.45) is 7.32. The zero-order valence-corrected chi connectivity index (χ0v) is 35.0. The monoisotopic (exact) mass is 743 g/mol. The van der Waals surface area contributed by atoms with Crippen LogP contribution in [0.1, 0.15) is 150 Å². The highest BCUT2D eigenvalue weighted by Gasteiger charge is 2.00. The van der Waals surface area contributed by atoms with Crippen LogP contribution < -0.4 is 0 Å². The van der Waals surface area contributed by atoms with Crippen LogP contribution in [0, 0.1) is 0 Å². The molecule has 48 heavy (non-hydrogen) atoms. The zero-order valence-electron chi connectivity index (χ0n) is 30.9. The summed E-state index contributed by atoms with van der Waals surface area (Å²) in [6.45, 7) is 26.1. The van der Waals surface area contributed by atoms with Gasteiger partial charge in [-0.1, -0.05) is 89.2 Å². The topological polar surface area (TPSA) is 51.8 Å². The van der Waals surface area contributed by atoms with Crippen molar-refractivity contribution < 1.29 is 4.42 Å². The van der Waals surface area contributed by atoms with Gasteiger partial charge in [-0.05, 0) is 87.2 Å². The van der Waals surface area contributed by atoms with E-state index in [-0.39, 0.29) is 0 Å². The van der Waals surface area contributed by atoms with Gasteiger partial charge in [0.05, 0.1) is 16.8 Å². The summed E-state index contributed by atoms with van der Waals surface area (Å²) < 4.78 is 9.08. The van der Waals surface area contributed by atoms with E-state index in [2.05, 4.69) is 138 Å². The van der Waals surface area contributed by atoms with E-state index >= 15 is 0 Å². The minimum Gasteiger partial charge on any atom is -0.469 e. The lowest BCUT2D eigenvalue weighted by Crippen LogP contribution is -1.81. The molecular formula is C39H57N3OS5. The second kappa shape index (κ2) is 25.5. The first-order chi connectivity index (χ1) is 22.8. The molecule has 0 atom stereocenters. The summed E-state index contributed by atoms with van der Waals surface area (Å²) in [7, 11) is 0. The fourth-order valence-corrected chi connectivity index (χ4v) is 6.83. The van der Waals surface area contributed by atoms with E-state index < -0.39 is 0 Å². The first-order valence-electron chi connectivity index (χ1n) is 16.6. The predicted molar refractivity (Wildman–Crippen MR) is 218 cm³/mol. The normalized spacial score (nSPS) is 10.4. The van der Waals surface area contributed by atoms with Gasteiger partial charge < -0.3 is 4.42 Å². The van der Waals surface area contributed by atoms with Crippen molar-refractivity contribution in [1.29, 1.82) is 0 Å². The molecule has 9 heteroatoms. The number of aromatic nitrogens is 3. The smallest absolute Gasteiger partial charge is 0.106 e. The molecule has 0 fully saturated rings. The van der Waals surface area contributed by atoms with Crippen molar-refractivity contribution in [3.8, 4) is 0 Å². The first kappa shape index (κ1) is 43.6. The van der Waals surface area contributed by atoms with Gasteiger partial charge in [0.2, 0.25) is 0 Å². The maximum absolute atomic E-state index is 5.09. The summed E-state index contributed by atoms with van der Waals surface area (Å²) in [6, 6.07) is 12.4. The second-order valence-corrected chi connectivity index (χ2v) is 17.2. The van der Waals surface area contributed by atoms with Crippen molar-refractivity contribution in [2.24, 2.45) is 0 Å². The highest BCUT2D eigenvalue weighted by molar-refractivity contribution is 7.10. The summed E-state index contributed by atoms with van der Waals surface area (Å²) in [5, 5.41) is 9.68. The highest BCUT2D eigenvalue weighted by atomic mass is 32.1. The molecule has 6 aromatic rings. The minimum absolute atomic E-state index is 0.519. The molecule has 0 aliphatic carbocycles. The summed E-state index contributed by atoms with van der Waals surface area (Å²) in [4.78, 5) is 12.3. The van der Waals surface area contributed by atoms with Crippen LogP contribution in [0.15, 0.2) is 92.7 Å². The zero-order chi connectivity index (χ0) is 35.9. The molecule has 0 saturated carbocycles. The predicted octanol–water partition coefficient (Wildman–Crippen LogP) is 14.9. The van der Waals surface area contributed by atoms with Crippen molar-refractivity contribution >= 4 is 56.9 Å². The lowest BCUT2D eigenvalue weighted by Gasteiger charge is -1.96. The van der Waals surface area contributed by atoms with Gasteiger partial charge >= 0.3 is 0 Å². The molecule has 0 N–H and O–H groups in total. The second-order valence-electron chi connectivity index (χ2n) is 12.7. The van der Waals surface area contributed by atoms with Gasteiger partial charge in [-0.3, -0.25) is 4.98 Å². The molecule has 0 amide bonds. The fourth-order valence-electron chi connectivity index (χ4n) is 3.40. The van der Waals surface area contributed by atoms with E-state index in [1.807, 2.05) is 53.0 Å². The van der Waals surface area contributed by atoms with Gasteiger partial charge in [0.1, 0.15) is 5.76 Å². The number of nitrogens with zero attached hydrogens (tertiary/aromatic N) is 3. The van der Waals surface area contributed by atoms with E-state index in [4.69, 9.17) is 4.42 Å². The molecular weight excluding hydrogens is 687 g/mol. The van der Waals surface area contributed by atoms with E-state index in [1.54, 1.807) is 51.8 Å². The molecule has 0 spiro atoms. The highest BCUT2D eigenvalue weighted by Crippen LogP contribution is 2.20. The molecule has 264 valence electrons. The molecule has 0 aliphatic heterocycles. The number of rotatable bonds is 6. The third kappa shape index (κ3) is 19.5. The van der Waals surface area contributed by atoms with Crippen LogP contribution in [0.4, 0.5) is 0 Å². The number of thiazole rings is 2. The summed E-state index contributed by atoms with van der Waals surface area (Å²) in [5.41, 5.74) is 3.32. The van der Waals surface area contributed by atoms with Crippen molar-refractivity contribution in [3.05, 3.63) is 119 Å². The molecule has 0 saturated heterocycles. The Balaban J connectivity index is 0.000000288. The SMILES string of the molecule is CC(C)c1ccco1.CC(C)c1cccs1.CC(C)c1ccns1.CC(C)c1ccsc1.CC(C)c1cncs1.CC(C)c1nccs1. The van der Waals surface area contributed by atoms with Gasteiger partial charge in [-0.25, -0.2) is 9.36 Å². The van der Waals surface area contributed by atoms with Crippen molar-refractivity contribution in [2.45, 2.75) is 119 Å². The molecule has 6 rings (SSSR count). The van der Waals surface area contributed by atoms with Crippen molar-refractivity contribution in [1.82, 2.24) is 14.3 Å². The maximum Gasteiger partial charge on any atom is 0.106 e. The van der Waals surface area contributed by atoms with Gasteiger partial charge in [0.25, 0.3) is 0 Å². The van der Waals surface area contributed by atoms with Crippen LogP contribution in [0.3, 0.4) is 0 Å². The standard InChI is InChI=1S/C7H10O.2C7H10S.3C6H9NS/c1-6(2)7-4-3-5-8-7;1-6(2)7-3-4-8-5-7;1-6(2)7-4-3-5-8-7;1-5(2)6-3-7-4-8-6;1-5(2)6-7-3-4-8-6;1-5(2)6-3-4-7-8-6/h3*3-6H,1-2H3;3*3-5H,1-2H3. The Morgan fingerprint density at radius 1 is 0.583 bits per heavy atom. The number of hydrogen-bond acceptors (Lipinski definition) is 9. The number of hydrogen-bond donors (Lipinski definition) is 0. The third-order valence-corrected chi connectivity index (χ3v) is 11.5. The Bertz CT molecular complexity index is 1150. The lowest BCUT2D eigenvalue weighted by atomic mass is 10.1. The average molecular weight is 744 g/mol. The Kier molecular flexibility index (Phi) is 23.2. The van der Waals surface area contributed by atoms with Crippen LogP contribution in [-0.2, 0) is 0 Å². The largest absolute Gasteiger partial charge is 0.469 e. The molecule has 6 heterocycles. The molecule has 0 radical (unpaired) electrons. The molecule has 0 aliphatic rings. The van der Waals surface area contributed by atoms with E-state index in [1.165, 1.54) is 25.2 Å².